The van der Waals surface area contributed by atoms with E-state index in [1.165, 1.54) is 28.4 Å². The molecular weight excluding hydrogens is 246 g/mol. The molecule has 1 aromatic rings. The fourth-order valence-electron chi connectivity index (χ4n) is 1.40. The number of aryl methyl sites for hydroxylation is 1. The first-order valence-electron chi connectivity index (χ1n) is 5.12. The quantitative estimate of drug-likeness (QED) is 0.685. The minimum atomic E-state index is -3.63. The monoisotopic (exact) mass is 263 g/mol. The van der Waals surface area contributed by atoms with Gasteiger partial charge in [0.2, 0.25) is 0 Å². The molecule has 0 spiro atoms. The lowest BCUT2D eigenvalue weighted by Gasteiger charge is -2.20. The molecule has 0 amide bonds. The van der Waals surface area contributed by atoms with Crippen LogP contribution in [0.25, 0.3) is 0 Å². The van der Waals surface area contributed by atoms with Gasteiger partial charge in [0.05, 0.1) is 19.4 Å². The summed E-state index contributed by atoms with van der Waals surface area (Å²) in [5, 5.41) is 12.8. The van der Waals surface area contributed by atoms with Gasteiger partial charge >= 0.3 is 0 Å². The number of rotatable bonds is 7. The zero-order chi connectivity index (χ0) is 12.9. The molecule has 0 fully saturated rings. The van der Waals surface area contributed by atoms with Crippen LogP contribution < -0.4 is 0 Å². The highest BCUT2D eigenvalue weighted by atomic mass is 32.2. The van der Waals surface area contributed by atoms with Gasteiger partial charge in [-0.1, -0.05) is 0 Å². The van der Waals surface area contributed by atoms with Crippen molar-refractivity contribution in [3.63, 3.8) is 0 Å². The molecule has 0 bridgehead atoms. The average molecular weight is 263 g/mol. The highest BCUT2D eigenvalue weighted by Crippen LogP contribution is 2.13. The number of aliphatic hydroxyl groups excluding tert-OH is 1. The molecule has 8 heteroatoms. The summed E-state index contributed by atoms with van der Waals surface area (Å²) in [5.41, 5.74) is 0. The van der Waals surface area contributed by atoms with E-state index in [0.717, 1.165) is 0 Å². The number of hydrogen-bond acceptors (Lipinski definition) is 5. The Morgan fingerprint density at radius 2 is 2.24 bits per heavy atom. The first-order valence-corrected chi connectivity index (χ1v) is 6.56. The Morgan fingerprint density at radius 3 is 2.71 bits per heavy atom. The molecule has 0 saturated heterocycles. The van der Waals surface area contributed by atoms with Crippen molar-refractivity contribution < 1.29 is 18.3 Å². The molecule has 1 N–H and O–H groups in total. The second-order valence-electron chi connectivity index (χ2n) is 3.41. The third kappa shape index (κ3) is 3.25. The minimum absolute atomic E-state index is 0.0386. The molecular formula is C9H17N3O4S. The predicted octanol–water partition coefficient (Wildman–Crippen LogP) is -0.950. The highest BCUT2D eigenvalue weighted by Gasteiger charge is 2.26. The normalized spacial score (nSPS) is 12.2. The Kier molecular flexibility index (Phi) is 5.06. The number of ether oxygens (including phenoxy) is 1. The average Bonchev–Trinajstić information content (AvgIpc) is 2.71. The lowest BCUT2D eigenvalue weighted by atomic mass is 10.6. The summed E-state index contributed by atoms with van der Waals surface area (Å²) in [6.45, 7) is 0.277. The molecule has 0 aromatic carbocycles. The van der Waals surface area contributed by atoms with Crippen LogP contribution >= 0.6 is 0 Å². The fraction of sp³-hybridized carbons (Fsp3) is 0.667. The maximum Gasteiger partial charge on any atom is 0.260 e. The van der Waals surface area contributed by atoms with Crippen LogP contribution in [0.2, 0.25) is 0 Å². The van der Waals surface area contributed by atoms with Crippen LogP contribution in [-0.4, -0.2) is 61.0 Å². The lowest BCUT2D eigenvalue weighted by molar-refractivity contribution is 0.168. The first-order chi connectivity index (χ1) is 8.04. The van der Waals surface area contributed by atoms with E-state index in [4.69, 9.17) is 9.84 Å². The van der Waals surface area contributed by atoms with Crippen LogP contribution in [0.5, 0.6) is 0 Å². The minimum Gasteiger partial charge on any atom is -0.395 e. The van der Waals surface area contributed by atoms with Gasteiger partial charge in [0.15, 0.2) is 5.03 Å². The number of hydrogen-bond donors (Lipinski definition) is 1. The van der Waals surface area contributed by atoms with E-state index in [1.807, 2.05) is 0 Å². The standard InChI is InChI=1S/C9H17N3O4S/c1-11-9(3-4-10-11)17(14,15)12(5-7-13)6-8-16-2/h3-4,13H,5-8H2,1-2H3. The van der Waals surface area contributed by atoms with E-state index in [9.17, 15) is 8.42 Å². The van der Waals surface area contributed by atoms with Crippen LogP contribution in [0.1, 0.15) is 0 Å². The number of nitrogens with zero attached hydrogens (tertiary/aromatic N) is 3. The number of aromatic nitrogens is 2. The Hall–Kier alpha value is -0.960. The van der Waals surface area contributed by atoms with E-state index < -0.39 is 10.0 Å². The molecule has 0 unspecified atom stereocenters. The number of aliphatic hydroxyl groups is 1. The van der Waals surface area contributed by atoms with Gasteiger partial charge in [-0.2, -0.15) is 9.40 Å². The largest absolute Gasteiger partial charge is 0.395 e. The third-order valence-corrected chi connectivity index (χ3v) is 4.25. The molecule has 98 valence electrons. The van der Waals surface area contributed by atoms with Gasteiger partial charge in [-0.15, -0.1) is 0 Å². The second-order valence-corrected chi connectivity index (χ2v) is 5.30. The molecule has 0 aliphatic rings. The van der Waals surface area contributed by atoms with Crippen LogP contribution in [0, 0.1) is 0 Å². The van der Waals surface area contributed by atoms with Crippen molar-refractivity contribution in [2.75, 3.05) is 33.4 Å². The zero-order valence-electron chi connectivity index (χ0n) is 9.90. The predicted molar refractivity (Wildman–Crippen MR) is 60.9 cm³/mol. The van der Waals surface area contributed by atoms with Crippen molar-refractivity contribution in [3.8, 4) is 0 Å². The summed E-state index contributed by atoms with van der Waals surface area (Å²) >= 11 is 0. The molecule has 0 aliphatic carbocycles. The van der Waals surface area contributed by atoms with Crippen molar-refractivity contribution in [2.45, 2.75) is 5.03 Å². The van der Waals surface area contributed by atoms with Crippen molar-refractivity contribution in [3.05, 3.63) is 12.3 Å². The van der Waals surface area contributed by atoms with Crippen molar-refractivity contribution >= 4 is 10.0 Å². The maximum atomic E-state index is 12.2. The Labute approximate surface area is 101 Å². The maximum absolute atomic E-state index is 12.2. The Morgan fingerprint density at radius 1 is 1.53 bits per heavy atom. The van der Waals surface area contributed by atoms with Crippen molar-refractivity contribution in [1.82, 2.24) is 14.1 Å². The van der Waals surface area contributed by atoms with Crippen LogP contribution in [0.4, 0.5) is 0 Å². The van der Waals surface area contributed by atoms with Gasteiger partial charge in [-0.25, -0.2) is 8.42 Å². The molecule has 1 aromatic heterocycles. The highest BCUT2D eigenvalue weighted by molar-refractivity contribution is 7.89. The summed E-state index contributed by atoms with van der Waals surface area (Å²) in [6.07, 6.45) is 1.42. The first kappa shape index (κ1) is 14.1. The van der Waals surface area contributed by atoms with Crippen molar-refractivity contribution in [2.24, 2.45) is 7.05 Å². The second kappa shape index (κ2) is 6.10. The van der Waals surface area contributed by atoms with Gasteiger partial charge in [0.25, 0.3) is 10.0 Å². The van der Waals surface area contributed by atoms with Gasteiger partial charge in [-0.3, -0.25) is 4.68 Å². The van der Waals surface area contributed by atoms with Gasteiger partial charge < -0.3 is 9.84 Å². The Balaban J connectivity index is 2.96. The summed E-state index contributed by atoms with van der Waals surface area (Å²) in [4.78, 5) is 0. The SMILES string of the molecule is COCCN(CCO)S(=O)(=O)c1ccnn1C. The van der Waals surface area contributed by atoms with Gasteiger partial charge in [0.1, 0.15) is 0 Å². The fourth-order valence-corrected chi connectivity index (χ4v) is 2.92. The van der Waals surface area contributed by atoms with E-state index in [-0.39, 0.29) is 31.3 Å². The number of sulfonamides is 1. The third-order valence-electron chi connectivity index (χ3n) is 2.27. The lowest BCUT2D eigenvalue weighted by Crippen LogP contribution is -2.37. The van der Waals surface area contributed by atoms with Gasteiger partial charge in [0, 0.05) is 27.2 Å². The molecule has 0 radical (unpaired) electrons. The molecule has 0 atom stereocenters. The van der Waals surface area contributed by atoms with E-state index in [1.54, 1.807) is 7.05 Å². The van der Waals surface area contributed by atoms with E-state index in [2.05, 4.69) is 5.10 Å². The molecule has 0 aliphatic heterocycles. The number of methoxy groups -OCH3 is 1. The van der Waals surface area contributed by atoms with Crippen molar-refractivity contribution in [1.29, 1.82) is 0 Å². The van der Waals surface area contributed by atoms with Gasteiger partial charge in [-0.05, 0) is 6.07 Å². The molecule has 17 heavy (non-hydrogen) atoms. The topological polar surface area (TPSA) is 84.7 Å². The van der Waals surface area contributed by atoms with Crippen LogP contribution in [0.15, 0.2) is 17.3 Å². The zero-order valence-corrected chi connectivity index (χ0v) is 10.7. The van der Waals surface area contributed by atoms with Crippen LogP contribution in [-0.2, 0) is 21.8 Å². The Bertz CT molecular complexity index is 443. The molecule has 7 nitrogen and oxygen atoms in total. The summed E-state index contributed by atoms with van der Waals surface area (Å²) < 4.78 is 31.7. The van der Waals surface area contributed by atoms with E-state index in [0.29, 0.717) is 0 Å². The molecule has 1 rings (SSSR count). The summed E-state index contributed by atoms with van der Waals surface area (Å²) in [6, 6.07) is 1.42. The smallest absolute Gasteiger partial charge is 0.260 e. The summed E-state index contributed by atoms with van der Waals surface area (Å²) in [7, 11) is -0.579. The summed E-state index contributed by atoms with van der Waals surface area (Å²) in [5.74, 6) is 0. The molecule has 1 heterocycles. The molecule has 0 saturated carbocycles. The van der Waals surface area contributed by atoms with E-state index >= 15 is 0 Å². The van der Waals surface area contributed by atoms with Crippen LogP contribution in [0.3, 0.4) is 0 Å².